The molecule has 0 atom stereocenters. The highest BCUT2D eigenvalue weighted by molar-refractivity contribution is 5.04. The van der Waals surface area contributed by atoms with E-state index in [1.54, 1.807) is 0 Å². The van der Waals surface area contributed by atoms with E-state index in [0.29, 0.717) is 19.8 Å². The van der Waals surface area contributed by atoms with Gasteiger partial charge in [-0.15, -0.1) is 0 Å². The molecule has 1 aromatic rings. The maximum Gasteiger partial charge on any atom is 0.162 e. The molecule has 19 heavy (non-hydrogen) atoms. The number of hydrogen-bond donors (Lipinski definition) is 1. The largest absolute Gasteiger partial charge is 0.373 e. The third-order valence-corrected chi connectivity index (χ3v) is 2.35. The van der Waals surface area contributed by atoms with E-state index in [-0.39, 0.29) is 5.60 Å². The Balaban J connectivity index is 2.12. The number of rotatable bonds is 9. The van der Waals surface area contributed by atoms with Crippen LogP contribution in [0.5, 0.6) is 0 Å². The van der Waals surface area contributed by atoms with Crippen molar-refractivity contribution in [2.24, 2.45) is 0 Å². The number of aromatic nitrogens is 1. The highest BCUT2D eigenvalue weighted by Gasteiger charge is 2.09. The van der Waals surface area contributed by atoms with Crippen LogP contribution in [0.3, 0.4) is 0 Å². The summed E-state index contributed by atoms with van der Waals surface area (Å²) in [6.07, 6.45) is 1.11. The molecule has 1 aromatic heterocycles. The normalized spacial score (nSPS) is 12.0. The van der Waals surface area contributed by atoms with E-state index in [4.69, 9.17) is 14.0 Å². The van der Waals surface area contributed by atoms with Gasteiger partial charge >= 0.3 is 0 Å². The fourth-order valence-corrected chi connectivity index (χ4v) is 1.48. The molecule has 0 fully saturated rings. The Hall–Kier alpha value is -0.910. The van der Waals surface area contributed by atoms with Gasteiger partial charge in [-0.2, -0.15) is 0 Å². The molecule has 5 heteroatoms. The van der Waals surface area contributed by atoms with Gasteiger partial charge in [0.05, 0.1) is 24.5 Å². The van der Waals surface area contributed by atoms with Gasteiger partial charge in [-0.05, 0) is 33.7 Å². The molecule has 0 aliphatic rings. The molecule has 1 N–H and O–H groups in total. The van der Waals surface area contributed by atoms with Crippen molar-refractivity contribution in [3.63, 3.8) is 0 Å². The lowest BCUT2D eigenvalue weighted by atomic mass is 10.2. The first-order valence-electron chi connectivity index (χ1n) is 6.88. The minimum Gasteiger partial charge on any atom is -0.373 e. The van der Waals surface area contributed by atoms with Crippen LogP contribution in [0.2, 0.25) is 0 Å². The van der Waals surface area contributed by atoms with E-state index >= 15 is 0 Å². The summed E-state index contributed by atoms with van der Waals surface area (Å²) in [7, 11) is 0. The van der Waals surface area contributed by atoms with Crippen molar-refractivity contribution < 1.29 is 14.0 Å². The summed E-state index contributed by atoms with van der Waals surface area (Å²) in [6.45, 7) is 11.5. The lowest BCUT2D eigenvalue weighted by Crippen LogP contribution is -2.21. The average Bonchev–Trinajstić information content (AvgIpc) is 2.75. The summed E-state index contributed by atoms with van der Waals surface area (Å²) in [6, 6.07) is 1.92. The van der Waals surface area contributed by atoms with Crippen LogP contribution >= 0.6 is 0 Å². The Labute approximate surface area is 115 Å². The zero-order chi connectivity index (χ0) is 14.1. The Morgan fingerprint density at radius 1 is 1.32 bits per heavy atom. The van der Waals surface area contributed by atoms with Crippen LogP contribution in [0.4, 0.5) is 0 Å². The fraction of sp³-hybridized carbons (Fsp3) is 0.786. The summed E-state index contributed by atoms with van der Waals surface area (Å²) in [4.78, 5) is 0. The van der Waals surface area contributed by atoms with Crippen LogP contribution in [-0.2, 0) is 22.6 Å². The topological polar surface area (TPSA) is 56.5 Å². The van der Waals surface area contributed by atoms with Gasteiger partial charge in [0.2, 0.25) is 0 Å². The van der Waals surface area contributed by atoms with Crippen LogP contribution in [0, 0.1) is 0 Å². The number of ether oxygens (including phenoxy) is 2. The third kappa shape index (κ3) is 7.97. The number of nitrogens with zero attached hydrogens (tertiary/aromatic N) is 1. The Kier molecular flexibility index (Phi) is 7.05. The molecule has 0 amide bonds. The molecule has 1 rings (SSSR count). The van der Waals surface area contributed by atoms with Crippen LogP contribution < -0.4 is 5.32 Å². The van der Waals surface area contributed by atoms with Crippen LogP contribution in [-0.4, -0.2) is 30.5 Å². The Morgan fingerprint density at radius 2 is 2.11 bits per heavy atom. The highest BCUT2D eigenvalue weighted by atomic mass is 16.5. The van der Waals surface area contributed by atoms with Gasteiger partial charge in [0.15, 0.2) is 5.76 Å². The molecule has 0 aliphatic heterocycles. The van der Waals surface area contributed by atoms with Crippen molar-refractivity contribution in [3.05, 3.63) is 17.5 Å². The van der Waals surface area contributed by atoms with Gasteiger partial charge in [-0.25, -0.2) is 0 Å². The number of hydrogen-bond acceptors (Lipinski definition) is 5. The third-order valence-electron chi connectivity index (χ3n) is 2.35. The molecule has 0 bridgehead atoms. The van der Waals surface area contributed by atoms with Crippen LogP contribution in [0.15, 0.2) is 10.6 Å². The maximum absolute atomic E-state index is 5.56. The van der Waals surface area contributed by atoms with Gasteiger partial charge in [-0.3, -0.25) is 0 Å². The Morgan fingerprint density at radius 3 is 2.79 bits per heavy atom. The number of nitrogens with one attached hydrogen (secondary N) is 1. The summed E-state index contributed by atoms with van der Waals surface area (Å²) in [5.74, 6) is 0.754. The lowest BCUT2D eigenvalue weighted by molar-refractivity contribution is -0.0398. The Bertz CT molecular complexity index is 345. The van der Waals surface area contributed by atoms with E-state index < -0.39 is 0 Å². The van der Waals surface area contributed by atoms with Crippen molar-refractivity contribution in [1.82, 2.24) is 10.5 Å². The summed E-state index contributed by atoms with van der Waals surface area (Å²) in [5, 5.41) is 7.25. The first-order valence-corrected chi connectivity index (χ1v) is 6.88. The molecule has 0 unspecified atom stereocenters. The smallest absolute Gasteiger partial charge is 0.162 e. The fourth-order valence-electron chi connectivity index (χ4n) is 1.48. The van der Waals surface area contributed by atoms with Gasteiger partial charge in [-0.1, -0.05) is 12.1 Å². The second-order valence-corrected chi connectivity index (χ2v) is 5.47. The molecule has 1 heterocycles. The summed E-state index contributed by atoms with van der Waals surface area (Å²) < 4.78 is 16.2. The molecular formula is C14H26N2O3. The molecule has 110 valence electrons. The van der Waals surface area contributed by atoms with Crippen molar-refractivity contribution in [2.45, 2.75) is 52.9 Å². The maximum atomic E-state index is 5.56. The van der Waals surface area contributed by atoms with E-state index in [1.807, 2.05) is 26.8 Å². The molecule has 0 saturated heterocycles. The quantitative estimate of drug-likeness (QED) is 0.699. The molecule has 0 radical (unpaired) electrons. The molecule has 0 aliphatic carbocycles. The predicted molar refractivity (Wildman–Crippen MR) is 73.9 cm³/mol. The van der Waals surface area contributed by atoms with Crippen molar-refractivity contribution in [1.29, 1.82) is 0 Å². The summed E-state index contributed by atoms with van der Waals surface area (Å²) in [5.41, 5.74) is 0.797. The summed E-state index contributed by atoms with van der Waals surface area (Å²) >= 11 is 0. The van der Waals surface area contributed by atoms with E-state index in [0.717, 1.165) is 31.0 Å². The zero-order valence-electron chi connectivity index (χ0n) is 12.5. The van der Waals surface area contributed by atoms with Gasteiger partial charge in [0.25, 0.3) is 0 Å². The van der Waals surface area contributed by atoms with Gasteiger partial charge in [0, 0.05) is 12.6 Å². The lowest BCUT2D eigenvalue weighted by Gasteiger charge is -2.19. The van der Waals surface area contributed by atoms with Crippen molar-refractivity contribution >= 4 is 0 Å². The second kappa shape index (κ2) is 8.30. The van der Waals surface area contributed by atoms with E-state index in [2.05, 4.69) is 17.4 Å². The second-order valence-electron chi connectivity index (χ2n) is 5.47. The average molecular weight is 270 g/mol. The van der Waals surface area contributed by atoms with E-state index in [1.165, 1.54) is 0 Å². The highest BCUT2D eigenvalue weighted by Crippen LogP contribution is 2.07. The SMILES string of the molecule is CCCNCc1cc(COCCOC(C)(C)C)on1. The molecule has 5 nitrogen and oxygen atoms in total. The van der Waals surface area contributed by atoms with E-state index in [9.17, 15) is 0 Å². The van der Waals surface area contributed by atoms with Crippen LogP contribution in [0.1, 0.15) is 45.6 Å². The van der Waals surface area contributed by atoms with Gasteiger partial charge < -0.3 is 19.3 Å². The minimum absolute atomic E-state index is 0.117. The molecule has 0 spiro atoms. The van der Waals surface area contributed by atoms with Gasteiger partial charge in [0.1, 0.15) is 6.61 Å². The molecular weight excluding hydrogens is 244 g/mol. The van der Waals surface area contributed by atoms with Crippen molar-refractivity contribution in [2.75, 3.05) is 19.8 Å². The molecule has 0 aromatic carbocycles. The molecule has 0 saturated carbocycles. The monoisotopic (exact) mass is 270 g/mol. The minimum atomic E-state index is -0.117. The predicted octanol–water partition coefficient (Wildman–Crippen LogP) is 2.51. The zero-order valence-corrected chi connectivity index (χ0v) is 12.5. The first kappa shape index (κ1) is 16.1. The van der Waals surface area contributed by atoms with Crippen LogP contribution in [0.25, 0.3) is 0 Å². The first-order chi connectivity index (χ1) is 9.01. The standard InChI is InChI=1S/C14H26N2O3/c1-5-6-15-10-12-9-13(19-16-12)11-17-7-8-18-14(2,3)4/h9,15H,5-8,10-11H2,1-4H3. The van der Waals surface area contributed by atoms with Crippen molar-refractivity contribution in [3.8, 4) is 0 Å².